The van der Waals surface area contributed by atoms with Crippen molar-refractivity contribution in [2.75, 3.05) is 13.3 Å². The molecule has 2 heterocycles. The fraction of sp³-hybridized carbons (Fsp3) is 0.188. The molecule has 0 saturated carbocycles. The minimum absolute atomic E-state index is 0.111. The summed E-state index contributed by atoms with van der Waals surface area (Å²) in [5.74, 6) is 0.493. The number of aromatic nitrogens is 1. The molecule has 2 aromatic rings. The quantitative estimate of drug-likeness (QED) is 0.854. The molecule has 0 saturated heterocycles. The van der Waals surface area contributed by atoms with E-state index in [1.54, 1.807) is 30.5 Å². The molecule has 3 rings (SSSR count). The number of carbonyl (C=O) groups is 2. The van der Waals surface area contributed by atoms with E-state index in [1.165, 1.54) is 0 Å². The molecule has 7 heteroatoms. The highest BCUT2D eigenvalue weighted by molar-refractivity contribution is 5.97. The van der Waals surface area contributed by atoms with Crippen LogP contribution in [0.15, 0.2) is 42.6 Å². The lowest BCUT2D eigenvalue weighted by atomic mass is 10.2. The third kappa shape index (κ3) is 3.76. The van der Waals surface area contributed by atoms with Crippen molar-refractivity contribution < 1.29 is 19.1 Å². The predicted octanol–water partition coefficient (Wildman–Crippen LogP) is 0.856. The molecule has 0 radical (unpaired) electrons. The summed E-state index contributed by atoms with van der Waals surface area (Å²) in [4.78, 5) is 27.9. The normalized spacial score (nSPS) is 11.8. The van der Waals surface area contributed by atoms with Crippen molar-refractivity contribution >= 4 is 11.8 Å². The number of benzene rings is 1. The zero-order chi connectivity index (χ0) is 16.1. The highest BCUT2D eigenvalue weighted by Gasteiger charge is 2.16. The third-order valence-corrected chi connectivity index (χ3v) is 3.24. The molecule has 118 valence electrons. The van der Waals surface area contributed by atoms with Crippen molar-refractivity contribution in [3.8, 4) is 11.5 Å². The van der Waals surface area contributed by atoms with Crippen LogP contribution in [0.25, 0.3) is 0 Å². The Morgan fingerprint density at radius 2 is 1.96 bits per heavy atom. The van der Waals surface area contributed by atoms with Crippen molar-refractivity contribution in [1.29, 1.82) is 0 Å². The first-order chi connectivity index (χ1) is 11.2. The maximum Gasteiger partial charge on any atom is 0.251 e. The van der Waals surface area contributed by atoms with E-state index in [0.717, 1.165) is 5.69 Å². The molecule has 2 N–H and O–H groups in total. The van der Waals surface area contributed by atoms with Crippen LogP contribution in [0.2, 0.25) is 0 Å². The minimum atomic E-state index is -0.351. The van der Waals surface area contributed by atoms with Crippen LogP contribution in [0.4, 0.5) is 0 Å². The highest BCUT2D eigenvalue weighted by Crippen LogP contribution is 2.32. The van der Waals surface area contributed by atoms with Gasteiger partial charge in [0.2, 0.25) is 12.7 Å². The maximum atomic E-state index is 12.0. The van der Waals surface area contributed by atoms with Crippen molar-refractivity contribution in [3.63, 3.8) is 0 Å². The number of nitrogens with zero attached hydrogens (tertiary/aromatic N) is 1. The zero-order valence-electron chi connectivity index (χ0n) is 12.2. The number of amides is 2. The second-order valence-electron chi connectivity index (χ2n) is 4.85. The summed E-state index contributed by atoms with van der Waals surface area (Å²) in [7, 11) is 0. The first kappa shape index (κ1) is 14.8. The van der Waals surface area contributed by atoms with E-state index < -0.39 is 0 Å². The van der Waals surface area contributed by atoms with Crippen LogP contribution in [0.1, 0.15) is 16.1 Å². The van der Waals surface area contributed by atoms with Gasteiger partial charge in [-0.25, -0.2) is 0 Å². The molecule has 0 atom stereocenters. The summed E-state index contributed by atoms with van der Waals surface area (Å²) in [6.07, 6.45) is 1.66. The molecule has 0 bridgehead atoms. The summed E-state index contributed by atoms with van der Waals surface area (Å²) in [6, 6.07) is 10.3. The molecular weight excluding hydrogens is 298 g/mol. The average molecular weight is 313 g/mol. The highest BCUT2D eigenvalue weighted by atomic mass is 16.7. The largest absolute Gasteiger partial charge is 0.454 e. The molecule has 2 amide bonds. The van der Waals surface area contributed by atoms with Crippen LogP contribution in [0.5, 0.6) is 11.5 Å². The van der Waals surface area contributed by atoms with E-state index in [4.69, 9.17) is 9.47 Å². The number of pyridine rings is 1. The van der Waals surface area contributed by atoms with Crippen LogP contribution >= 0.6 is 0 Å². The van der Waals surface area contributed by atoms with Crippen molar-refractivity contribution in [3.05, 3.63) is 53.9 Å². The predicted molar refractivity (Wildman–Crippen MR) is 81.0 cm³/mol. The number of fused-ring (bicyclic) bond motifs is 1. The molecule has 1 aromatic carbocycles. The molecule has 7 nitrogen and oxygen atoms in total. The van der Waals surface area contributed by atoms with Gasteiger partial charge in [-0.15, -0.1) is 0 Å². The van der Waals surface area contributed by atoms with Crippen molar-refractivity contribution in [1.82, 2.24) is 15.6 Å². The summed E-state index contributed by atoms with van der Waals surface area (Å²) in [5, 5.41) is 5.25. The number of hydrogen-bond acceptors (Lipinski definition) is 5. The summed E-state index contributed by atoms with van der Waals surface area (Å²) in [5.41, 5.74) is 1.16. The van der Waals surface area contributed by atoms with Crippen LogP contribution in [0, 0.1) is 0 Å². The molecular formula is C16H15N3O4. The second kappa shape index (κ2) is 6.78. The Morgan fingerprint density at radius 1 is 1.09 bits per heavy atom. The molecule has 0 unspecified atom stereocenters. The Balaban J connectivity index is 1.48. The van der Waals surface area contributed by atoms with E-state index in [2.05, 4.69) is 15.6 Å². The lowest BCUT2D eigenvalue weighted by molar-refractivity contribution is -0.120. The van der Waals surface area contributed by atoms with Gasteiger partial charge in [0, 0.05) is 11.8 Å². The van der Waals surface area contributed by atoms with Gasteiger partial charge in [-0.3, -0.25) is 14.6 Å². The third-order valence-electron chi connectivity index (χ3n) is 3.24. The van der Waals surface area contributed by atoms with E-state index in [0.29, 0.717) is 23.6 Å². The minimum Gasteiger partial charge on any atom is -0.454 e. The van der Waals surface area contributed by atoms with E-state index in [9.17, 15) is 9.59 Å². The first-order valence-electron chi connectivity index (χ1n) is 7.07. The van der Waals surface area contributed by atoms with Crippen molar-refractivity contribution in [2.24, 2.45) is 0 Å². The molecule has 1 aliphatic heterocycles. The van der Waals surface area contributed by atoms with Gasteiger partial charge in [-0.05, 0) is 30.3 Å². The number of rotatable bonds is 5. The molecule has 1 aromatic heterocycles. The van der Waals surface area contributed by atoms with Crippen LogP contribution in [-0.4, -0.2) is 30.1 Å². The number of ether oxygens (including phenoxy) is 2. The lowest BCUT2D eigenvalue weighted by Gasteiger charge is -2.07. The lowest BCUT2D eigenvalue weighted by Crippen LogP contribution is -2.36. The zero-order valence-corrected chi connectivity index (χ0v) is 12.2. The van der Waals surface area contributed by atoms with Gasteiger partial charge in [0.15, 0.2) is 11.5 Å². The molecule has 0 fully saturated rings. The number of carbonyl (C=O) groups excluding carboxylic acids is 2. The van der Waals surface area contributed by atoms with Gasteiger partial charge >= 0.3 is 0 Å². The molecule has 1 aliphatic rings. The number of hydrogen-bond donors (Lipinski definition) is 2. The van der Waals surface area contributed by atoms with Crippen molar-refractivity contribution in [2.45, 2.75) is 6.54 Å². The smallest absolute Gasteiger partial charge is 0.251 e. The Kier molecular flexibility index (Phi) is 4.37. The molecule has 0 aliphatic carbocycles. The topological polar surface area (TPSA) is 89.6 Å². The Bertz CT molecular complexity index is 719. The molecule has 23 heavy (non-hydrogen) atoms. The average Bonchev–Trinajstić information content (AvgIpc) is 3.06. The van der Waals surface area contributed by atoms with E-state index >= 15 is 0 Å². The summed E-state index contributed by atoms with van der Waals surface area (Å²) < 4.78 is 10.4. The summed E-state index contributed by atoms with van der Waals surface area (Å²) >= 11 is 0. The molecule has 0 spiro atoms. The SMILES string of the molecule is O=C(CNC(=O)c1ccc2c(c1)OCO2)NCc1ccccn1. The van der Waals surface area contributed by atoms with Gasteiger partial charge in [0.05, 0.1) is 18.8 Å². The van der Waals surface area contributed by atoms with Gasteiger partial charge in [0.25, 0.3) is 5.91 Å². The standard InChI is InChI=1S/C16H15N3O4/c20-15(18-8-12-3-1-2-6-17-12)9-19-16(21)11-4-5-13-14(7-11)23-10-22-13/h1-7H,8-10H2,(H,18,20)(H,19,21). The number of nitrogens with one attached hydrogen (secondary N) is 2. The van der Waals surface area contributed by atoms with Gasteiger partial charge in [-0.2, -0.15) is 0 Å². The van der Waals surface area contributed by atoms with Crippen LogP contribution < -0.4 is 20.1 Å². The van der Waals surface area contributed by atoms with Crippen LogP contribution in [-0.2, 0) is 11.3 Å². The fourth-order valence-electron chi connectivity index (χ4n) is 2.05. The monoisotopic (exact) mass is 313 g/mol. The van der Waals surface area contributed by atoms with Gasteiger partial charge in [-0.1, -0.05) is 6.07 Å². The Morgan fingerprint density at radius 3 is 2.78 bits per heavy atom. The Hall–Kier alpha value is -3.09. The first-order valence-corrected chi connectivity index (χ1v) is 7.07. The summed E-state index contributed by atoms with van der Waals surface area (Å²) in [6.45, 7) is 0.357. The fourth-order valence-corrected chi connectivity index (χ4v) is 2.05. The second-order valence-corrected chi connectivity index (χ2v) is 4.85. The maximum absolute atomic E-state index is 12.0. The van der Waals surface area contributed by atoms with E-state index in [-0.39, 0.29) is 25.2 Å². The Labute approximate surface area is 132 Å². The van der Waals surface area contributed by atoms with Gasteiger partial charge < -0.3 is 20.1 Å². The van der Waals surface area contributed by atoms with E-state index in [1.807, 2.05) is 12.1 Å². The van der Waals surface area contributed by atoms with Crippen LogP contribution in [0.3, 0.4) is 0 Å². The van der Waals surface area contributed by atoms with Gasteiger partial charge in [0.1, 0.15) is 0 Å².